The van der Waals surface area contributed by atoms with E-state index >= 15 is 0 Å². The number of unbranched alkanes of at least 4 members (excludes halogenated alkanes) is 2. The molecule has 3 N–H and O–H groups in total. The van der Waals surface area contributed by atoms with Gasteiger partial charge in [0.05, 0.1) is 10.7 Å². The summed E-state index contributed by atoms with van der Waals surface area (Å²) < 4.78 is 26.5. The maximum atomic E-state index is 12.1. The Bertz CT molecular complexity index is 571. The lowest BCUT2D eigenvalue weighted by atomic mass is 10.2. The average Bonchev–Trinajstić information content (AvgIpc) is 2.26. The fraction of sp³-hybridized carbons (Fsp3) is 0.333. The second-order valence-corrected chi connectivity index (χ2v) is 6.41. The molecular weight excluding hydrogens is 307 g/mol. The highest BCUT2D eigenvalue weighted by atomic mass is 35.5. The first-order valence-electron chi connectivity index (χ1n) is 5.56. The van der Waals surface area contributed by atoms with Gasteiger partial charge in [-0.2, -0.15) is 0 Å². The van der Waals surface area contributed by atoms with Crippen LogP contribution >= 0.6 is 23.2 Å². The number of rotatable bonds is 6. The van der Waals surface area contributed by atoms with Crippen molar-refractivity contribution in [2.24, 2.45) is 0 Å². The smallest absolute Gasteiger partial charge is 0.244 e. The molecule has 1 aromatic carbocycles. The molecule has 1 aromatic rings. The fourth-order valence-electron chi connectivity index (χ4n) is 1.49. The first kappa shape index (κ1) is 16.1. The van der Waals surface area contributed by atoms with Gasteiger partial charge in [-0.15, -0.1) is 12.3 Å². The van der Waals surface area contributed by atoms with Crippen molar-refractivity contribution in [3.63, 3.8) is 0 Å². The van der Waals surface area contributed by atoms with E-state index < -0.39 is 10.0 Å². The molecule has 104 valence electrons. The summed E-state index contributed by atoms with van der Waals surface area (Å²) in [5, 5.41) is 0.289. The zero-order chi connectivity index (χ0) is 14.5. The zero-order valence-corrected chi connectivity index (χ0v) is 12.4. The van der Waals surface area contributed by atoms with Crippen molar-refractivity contribution in [3.8, 4) is 12.3 Å². The summed E-state index contributed by atoms with van der Waals surface area (Å²) in [6.07, 6.45) is 7.12. The maximum absolute atomic E-state index is 12.1. The molecule has 0 saturated heterocycles. The van der Waals surface area contributed by atoms with Crippen molar-refractivity contribution >= 4 is 38.9 Å². The van der Waals surface area contributed by atoms with Crippen LogP contribution in [0.3, 0.4) is 0 Å². The number of hydrogen-bond donors (Lipinski definition) is 2. The van der Waals surface area contributed by atoms with Gasteiger partial charge in [0.1, 0.15) is 4.90 Å². The fourth-order valence-corrected chi connectivity index (χ4v) is 3.55. The molecule has 0 unspecified atom stereocenters. The van der Waals surface area contributed by atoms with Crippen LogP contribution in [0.4, 0.5) is 5.69 Å². The van der Waals surface area contributed by atoms with E-state index in [1.807, 2.05) is 0 Å². The molecular formula is C12H14Cl2N2O2S. The molecule has 19 heavy (non-hydrogen) atoms. The Balaban J connectivity index is 2.81. The monoisotopic (exact) mass is 320 g/mol. The molecule has 0 atom stereocenters. The first-order valence-corrected chi connectivity index (χ1v) is 7.80. The highest BCUT2D eigenvalue weighted by molar-refractivity contribution is 7.89. The van der Waals surface area contributed by atoms with Gasteiger partial charge in [-0.25, -0.2) is 13.1 Å². The zero-order valence-electron chi connectivity index (χ0n) is 10.1. The SMILES string of the molecule is C#CCCCCNS(=O)(=O)c1c(N)cc(Cl)cc1Cl. The predicted molar refractivity (Wildman–Crippen MR) is 78.7 cm³/mol. The topological polar surface area (TPSA) is 72.2 Å². The number of nitrogens with one attached hydrogen (secondary N) is 1. The van der Waals surface area contributed by atoms with E-state index in [4.69, 9.17) is 35.4 Å². The molecule has 0 heterocycles. The molecule has 0 aliphatic rings. The Morgan fingerprint density at radius 1 is 1.32 bits per heavy atom. The number of anilines is 1. The molecule has 0 fully saturated rings. The van der Waals surface area contributed by atoms with E-state index in [-0.39, 0.29) is 27.2 Å². The number of hydrogen-bond acceptors (Lipinski definition) is 3. The Labute approximate surface area is 123 Å². The molecule has 0 spiro atoms. The van der Waals surface area contributed by atoms with Crippen molar-refractivity contribution in [3.05, 3.63) is 22.2 Å². The minimum atomic E-state index is -3.74. The van der Waals surface area contributed by atoms with Gasteiger partial charge in [0, 0.05) is 18.0 Å². The predicted octanol–water partition coefficient (Wildman–Crippen LogP) is 2.66. The van der Waals surface area contributed by atoms with Crippen molar-refractivity contribution in [2.75, 3.05) is 12.3 Å². The van der Waals surface area contributed by atoms with E-state index in [0.29, 0.717) is 12.8 Å². The van der Waals surface area contributed by atoms with Crippen LogP contribution in [0.5, 0.6) is 0 Å². The largest absolute Gasteiger partial charge is 0.398 e. The number of halogens is 2. The summed E-state index contributed by atoms with van der Waals surface area (Å²) >= 11 is 11.6. The van der Waals surface area contributed by atoms with Gasteiger partial charge in [0.25, 0.3) is 0 Å². The standard InChI is InChI=1S/C12H14Cl2N2O2S/c1-2-3-4-5-6-16-19(17,18)12-10(14)7-9(13)8-11(12)15/h1,7-8,16H,3-6,15H2. The van der Waals surface area contributed by atoms with E-state index in [0.717, 1.165) is 6.42 Å². The van der Waals surface area contributed by atoms with Crippen LogP contribution in [-0.2, 0) is 10.0 Å². The summed E-state index contributed by atoms with van der Waals surface area (Å²) in [5.74, 6) is 2.49. The summed E-state index contributed by atoms with van der Waals surface area (Å²) in [4.78, 5) is -0.143. The number of terminal acetylenes is 1. The molecule has 0 radical (unpaired) electrons. The van der Waals surface area contributed by atoms with Crippen molar-refractivity contribution in [2.45, 2.75) is 24.2 Å². The molecule has 0 saturated carbocycles. The quantitative estimate of drug-likeness (QED) is 0.481. The molecule has 7 heteroatoms. The van der Waals surface area contributed by atoms with Gasteiger partial charge in [0.15, 0.2) is 0 Å². The lowest BCUT2D eigenvalue weighted by Crippen LogP contribution is -2.26. The molecule has 0 aliphatic carbocycles. The van der Waals surface area contributed by atoms with Gasteiger partial charge in [-0.05, 0) is 25.0 Å². The van der Waals surface area contributed by atoms with Gasteiger partial charge in [-0.1, -0.05) is 23.2 Å². The summed E-state index contributed by atoms with van der Waals surface area (Å²) in [7, 11) is -3.74. The lowest BCUT2D eigenvalue weighted by molar-refractivity contribution is 0.578. The third kappa shape index (κ3) is 4.59. The van der Waals surface area contributed by atoms with Crippen LogP contribution in [0.25, 0.3) is 0 Å². The van der Waals surface area contributed by atoms with E-state index in [1.54, 1.807) is 0 Å². The second-order valence-electron chi connectivity index (χ2n) is 3.86. The highest BCUT2D eigenvalue weighted by Crippen LogP contribution is 2.30. The van der Waals surface area contributed by atoms with Gasteiger partial charge >= 0.3 is 0 Å². The van der Waals surface area contributed by atoms with Crippen LogP contribution in [-0.4, -0.2) is 15.0 Å². The van der Waals surface area contributed by atoms with Crippen LogP contribution in [0.2, 0.25) is 10.0 Å². The third-order valence-corrected chi connectivity index (χ3v) is 4.55. The minimum absolute atomic E-state index is 0.00104. The third-order valence-electron chi connectivity index (χ3n) is 2.35. The molecule has 4 nitrogen and oxygen atoms in total. The maximum Gasteiger partial charge on any atom is 0.244 e. The van der Waals surface area contributed by atoms with E-state index in [2.05, 4.69) is 10.6 Å². The Hall–Kier alpha value is -0.930. The normalized spacial score (nSPS) is 11.2. The van der Waals surface area contributed by atoms with Gasteiger partial charge in [0.2, 0.25) is 10.0 Å². The Morgan fingerprint density at radius 3 is 2.58 bits per heavy atom. The molecule has 1 rings (SSSR count). The Morgan fingerprint density at radius 2 is 2.00 bits per heavy atom. The van der Waals surface area contributed by atoms with Gasteiger partial charge < -0.3 is 5.73 Å². The highest BCUT2D eigenvalue weighted by Gasteiger charge is 2.21. The van der Waals surface area contributed by atoms with Gasteiger partial charge in [-0.3, -0.25) is 0 Å². The van der Waals surface area contributed by atoms with Crippen molar-refractivity contribution in [1.29, 1.82) is 0 Å². The lowest BCUT2D eigenvalue weighted by Gasteiger charge is -2.11. The summed E-state index contributed by atoms with van der Waals surface area (Å²) in [6, 6.07) is 2.69. The number of nitrogen functional groups attached to an aromatic ring is 1. The molecule has 0 bridgehead atoms. The molecule has 0 amide bonds. The van der Waals surface area contributed by atoms with Crippen LogP contribution in [0, 0.1) is 12.3 Å². The average molecular weight is 321 g/mol. The summed E-state index contributed by atoms with van der Waals surface area (Å²) in [5.41, 5.74) is 5.67. The van der Waals surface area contributed by atoms with E-state index in [9.17, 15) is 8.42 Å². The number of benzene rings is 1. The number of nitrogens with two attached hydrogens (primary N) is 1. The van der Waals surface area contributed by atoms with Crippen LogP contribution < -0.4 is 10.5 Å². The molecule has 0 aliphatic heterocycles. The van der Waals surface area contributed by atoms with E-state index in [1.165, 1.54) is 12.1 Å². The Kier molecular flexibility index (Phi) is 5.95. The van der Waals surface area contributed by atoms with Crippen molar-refractivity contribution < 1.29 is 8.42 Å². The van der Waals surface area contributed by atoms with Crippen molar-refractivity contribution in [1.82, 2.24) is 4.72 Å². The minimum Gasteiger partial charge on any atom is -0.398 e. The second kappa shape index (κ2) is 7.01. The van der Waals surface area contributed by atoms with Crippen LogP contribution in [0.1, 0.15) is 19.3 Å². The summed E-state index contributed by atoms with van der Waals surface area (Å²) in [6.45, 7) is 0.280. The number of sulfonamides is 1. The first-order chi connectivity index (χ1) is 8.88. The molecule has 0 aromatic heterocycles. The van der Waals surface area contributed by atoms with Crippen LogP contribution in [0.15, 0.2) is 17.0 Å².